The molecule has 29 heavy (non-hydrogen) atoms. The molecule has 0 bridgehead atoms. The average molecular weight is 401 g/mol. The van der Waals surface area contributed by atoms with Gasteiger partial charge in [-0.2, -0.15) is 0 Å². The fraction of sp³-hybridized carbons (Fsp3) is 0.929. The zero-order valence-electron chi connectivity index (χ0n) is 20.2. The van der Waals surface area contributed by atoms with E-state index in [1.165, 1.54) is 57.8 Å². The summed E-state index contributed by atoms with van der Waals surface area (Å²) in [5.41, 5.74) is 1.05. The molecule has 0 aromatic carbocycles. The monoisotopic (exact) mass is 400 g/mol. The van der Waals surface area contributed by atoms with Crippen LogP contribution < -0.4 is 0 Å². The van der Waals surface area contributed by atoms with Gasteiger partial charge >= 0.3 is 0 Å². The highest BCUT2D eigenvalue weighted by Crippen LogP contribution is 2.68. The van der Waals surface area contributed by atoms with Crippen molar-refractivity contribution in [3.05, 3.63) is 11.8 Å². The Kier molecular flexibility index (Phi) is 5.93. The van der Waals surface area contributed by atoms with E-state index in [0.29, 0.717) is 22.5 Å². The van der Waals surface area contributed by atoms with Crippen molar-refractivity contribution in [3.8, 4) is 0 Å². The summed E-state index contributed by atoms with van der Waals surface area (Å²) in [5, 5.41) is 10.1. The molecule has 0 aromatic rings. The molecule has 0 spiro atoms. The Bertz CT molecular complexity index is 620. The van der Waals surface area contributed by atoms with E-state index in [2.05, 4.69) is 47.6 Å². The topological polar surface area (TPSA) is 20.2 Å². The first-order valence-corrected chi connectivity index (χ1v) is 13.1. The Morgan fingerprint density at radius 3 is 2.34 bits per heavy atom. The van der Waals surface area contributed by atoms with Gasteiger partial charge in [0.25, 0.3) is 0 Å². The highest BCUT2D eigenvalue weighted by atomic mass is 16.3. The Balaban J connectivity index is 1.47. The van der Waals surface area contributed by atoms with Gasteiger partial charge in [0, 0.05) is 6.42 Å². The maximum atomic E-state index is 10.1. The summed E-state index contributed by atoms with van der Waals surface area (Å²) in [4.78, 5) is 0. The summed E-state index contributed by atoms with van der Waals surface area (Å²) in [6, 6.07) is 0. The minimum absolute atomic E-state index is 0.451. The second-order valence-corrected chi connectivity index (χ2v) is 12.7. The van der Waals surface area contributed by atoms with E-state index in [1.54, 1.807) is 0 Å². The molecule has 0 radical (unpaired) electrons. The van der Waals surface area contributed by atoms with Crippen molar-refractivity contribution in [1.29, 1.82) is 0 Å². The van der Waals surface area contributed by atoms with Crippen molar-refractivity contribution in [3.63, 3.8) is 0 Å². The molecule has 4 aliphatic carbocycles. The van der Waals surface area contributed by atoms with Gasteiger partial charge in [-0.1, -0.05) is 54.4 Å². The molecule has 0 aliphatic heterocycles. The molecule has 0 aromatic heterocycles. The van der Waals surface area contributed by atoms with Crippen molar-refractivity contribution in [2.75, 3.05) is 0 Å². The quantitative estimate of drug-likeness (QED) is 0.491. The van der Waals surface area contributed by atoms with Crippen LogP contribution in [0, 0.1) is 58.2 Å². The Morgan fingerprint density at radius 1 is 0.897 bits per heavy atom. The number of rotatable bonds is 5. The Morgan fingerprint density at radius 2 is 1.62 bits per heavy atom. The van der Waals surface area contributed by atoms with Gasteiger partial charge in [-0.3, -0.25) is 0 Å². The minimum Gasteiger partial charge on any atom is -0.513 e. The van der Waals surface area contributed by atoms with E-state index in [1.807, 2.05) is 0 Å². The van der Waals surface area contributed by atoms with Crippen molar-refractivity contribution in [1.82, 2.24) is 0 Å². The van der Waals surface area contributed by atoms with Crippen molar-refractivity contribution in [2.45, 2.75) is 106 Å². The Labute approximate surface area is 181 Å². The second-order valence-electron chi connectivity index (χ2n) is 12.7. The zero-order chi connectivity index (χ0) is 21.0. The zero-order valence-corrected chi connectivity index (χ0v) is 20.2. The summed E-state index contributed by atoms with van der Waals surface area (Å²) in [7, 11) is 0. The molecule has 1 heteroatoms. The largest absolute Gasteiger partial charge is 0.513 e. The molecule has 1 N–H and O–H groups in total. The van der Waals surface area contributed by atoms with Crippen LogP contribution in [0.5, 0.6) is 0 Å². The molecule has 166 valence electrons. The molecule has 0 heterocycles. The van der Waals surface area contributed by atoms with Crippen LogP contribution in [0.4, 0.5) is 0 Å². The van der Waals surface area contributed by atoms with E-state index in [9.17, 15) is 5.11 Å². The standard InChI is InChI=1S/C28H48O/c1-18(2)19(3)7-8-20(4)24-11-12-25-23-10-9-21-17-22(29)13-15-27(21,5)26(23)14-16-28(24,25)6/h17-21,23-26,29H,7-16H2,1-6H3/t19-,20-,21?,23+,24-,25+,26+,27+,28-/m1/s1. The third-order valence-corrected chi connectivity index (χ3v) is 11.2. The van der Waals surface area contributed by atoms with Crippen LogP contribution in [0.2, 0.25) is 0 Å². The molecule has 0 amide bonds. The lowest BCUT2D eigenvalue weighted by Crippen LogP contribution is -2.52. The predicted molar refractivity (Wildman–Crippen MR) is 124 cm³/mol. The maximum Gasteiger partial charge on any atom is 0.0886 e. The predicted octanol–water partition coefficient (Wildman–Crippen LogP) is 8.41. The molecule has 3 saturated carbocycles. The first-order chi connectivity index (χ1) is 13.7. The Hall–Kier alpha value is -0.460. The minimum atomic E-state index is 0.451. The molecule has 9 atom stereocenters. The smallest absolute Gasteiger partial charge is 0.0886 e. The number of hydrogen-bond acceptors (Lipinski definition) is 1. The van der Waals surface area contributed by atoms with Crippen LogP contribution in [0.1, 0.15) is 106 Å². The summed E-state index contributed by atoms with van der Waals surface area (Å²) in [6.07, 6.45) is 15.9. The number of allylic oxidation sites excluding steroid dienone is 2. The van der Waals surface area contributed by atoms with Gasteiger partial charge in [-0.15, -0.1) is 0 Å². The van der Waals surface area contributed by atoms with Gasteiger partial charge in [0.2, 0.25) is 0 Å². The van der Waals surface area contributed by atoms with Crippen LogP contribution >= 0.6 is 0 Å². The first-order valence-electron chi connectivity index (χ1n) is 13.1. The third-order valence-electron chi connectivity index (χ3n) is 11.2. The van der Waals surface area contributed by atoms with Crippen LogP contribution in [0.15, 0.2) is 11.8 Å². The summed E-state index contributed by atoms with van der Waals surface area (Å²) in [6.45, 7) is 15.1. The summed E-state index contributed by atoms with van der Waals surface area (Å²) < 4.78 is 0. The molecule has 4 aliphatic rings. The highest BCUT2D eigenvalue weighted by Gasteiger charge is 2.60. The molecular weight excluding hydrogens is 352 g/mol. The second kappa shape index (κ2) is 7.90. The van der Waals surface area contributed by atoms with E-state index in [-0.39, 0.29) is 0 Å². The van der Waals surface area contributed by atoms with Crippen molar-refractivity contribution in [2.24, 2.45) is 58.2 Å². The molecule has 1 unspecified atom stereocenters. The van der Waals surface area contributed by atoms with Gasteiger partial charge in [-0.05, 0) is 109 Å². The first kappa shape index (κ1) is 21.8. The van der Waals surface area contributed by atoms with Gasteiger partial charge in [0.05, 0.1) is 5.76 Å². The van der Waals surface area contributed by atoms with Gasteiger partial charge in [0.1, 0.15) is 0 Å². The number of aliphatic hydroxyl groups is 1. The number of hydrogen-bond donors (Lipinski definition) is 1. The van der Waals surface area contributed by atoms with Gasteiger partial charge < -0.3 is 5.11 Å². The summed E-state index contributed by atoms with van der Waals surface area (Å²) >= 11 is 0. The van der Waals surface area contributed by atoms with Crippen molar-refractivity contribution >= 4 is 0 Å². The van der Waals surface area contributed by atoms with Crippen LogP contribution in [-0.4, -0.2) is 5.11 Å². The SMILES string of the molecule is CC(C)[C@H](C)CC[C@@H](C)[C@H]1CC[C@H]2[C@@H]3CCC4C=C(O)CC[C@]4(C)[C@H]3CC[C@]12C. The lowest BCUT2D eigenvalue weighted by Gasteiger charge is -2.60. The highest BCUT2D eigenvalue weighted by molar-refractivity contribution is 5.15. The third kappa shape index (κ3) is 3.61. The molecule has 4 rings (SSSR count). The maximum absolute atomic E-state index is 10.1. The number of aliphatic hydroxyl groups excluding tert-OH is 1. The van der Waals surface area contributed by atoms with Gasteiger partial charge in [-0.25, -0.2) is 0 Å². The van der Waals surface area contributed by atoms with Crippen LogP contribution in [0.25, 0.3) is 0 Å². The normalized spacial score (nSPS) is 46.4. The van der Waals surface area contributed by atoms with Crippen molar-refractivity contribution < 1.29 is 5.11 Å². The molecule has 0 saturated heterocycles. The van der Waals surface area contributed by atoms with E-state index >= 15 is 0 Å². The van der Waals surface area contributed by atoms with Crippen LogP contribution in [0.3, 0.4) is 0 Å². The fourth-order valence-corrected chi connectivity index (χ4v) is 8.88. The average Bonchev–Trinajstić information content (AvgIpc) is 3.03. The summed E-state index contributed by atoms with van der Waals surface area (Å²) in [5.74, 6) is 7.67. The molecule has 1 nitrogen and oxygen atoms in total. The number of fused-ring (bicyclic) bond motifs is 5. The van der Waals surface area contributed by atoms with E-state index in [0.717, 1.165) is 47.8 Å². The van der Waals surface area contributed by atoms with E-state index < -0.39 is 0 Å². The van der Waals surface area contributed by atoms with Gasteiger partial charge in [0.15, 0.2) is 0 Å². The van der Waals surface area contributed by atoms with Crippen LogP contribution in [-0.2, 0) is 0 Å². The lowest BCUT2D eigenvalue weighted by atomic mass is 9.45. The van der Waals surface area contributed by atoms with E-state index in [4.69, 9.17) is 0 Å². The lowest BCUT2D eigenvalue weighted by molar-refractivity contribution is -0.0980. The fourth-order valence-electron chi connectivity index (χ4n) is 8.88. The molecular formula is C28H48O. The molecule has 3 fully saturated rings.